The van der Waals surface area contributed by atoms with Crippen molar-refractivity contribution in [2.75, 3.05) is 6.61 Å². The van der Waals surface area contributed by atoms with Gasteiger partial charge in [-0.1, -0.05) is 23.4 Å². The second-order valence-corrected chi connectivity index (χ2v) is 8.20. The van der Waals surface area contributed by atoms with E-state index < -0.39 is 16.8 Å². The first kappa shape index (κ1) is 23.2. The first-order valence-corrected chi connectivity index (χ1v) is 10.6. The molecule has 8 nitrogen and oxygen atoms in total. The highest BCUT2D eigenvalue weighted by molar-refractivity contribution is 7.99. The van der Waals surface area contributed by atoms with E-state index in [1.54, 1.807) is 37.3 Å². The summed E-state index contributed by atoms with van der Waals surface area (Å²) in [5, 5.41) is 21.9. The number of non-ortho nitro benzene ring substituents is 1. The van der Waals surface area contributed by atoms with Crippen molar-refractivity contribution in [2.24, 2.45) is 5.73 Å². The minimum atomic E-state index is -0.998. The number of allylic oxidation sites excluding steroid dienone is 2. The summed E-state index contributed by atoms with van der Waals surface area (Å²) < 4.78 is 10.6. The number of halogens is 1. The van der Waals surface area contributed by atoms with Gasteiger partial charge in [-0.15, -0.1) is 0 Å². The number of carbonyl (C=O) groups excluding carboxylic acids is 1. The standard InChI is InChI=1S/C22H18ClN3O5S/c1-3-30-22(27)19-12(2)31-21(25)17(11-24)20(19)16-10-14(26(28)29)6-9-18(16)32-15-7-4-13(23)5-8-15/h4-10,20H,3,25H2,1-2H3. The van der Waals surface area contributed by atoms with Gasteiger partial charge in [0, 0.05) is 26.9 Å². The normalized spacial score (nSPS) is 15.8. The summed E-state index contributed by atoms with van der Waals surface area (Å²) in [6.45, 7) is 3.28. The highest BCUT2D eigenvalue weighted by Crippen LogP contribution is 2.45. The van der Waals surface area contributed by atoms with Crippen molar-refractivity contribution < 1.29 is 19.2 Å². The van der Waals surface area contributed by atoms with Gasteiger partial charge in [0.05, 0.1) is 23.0 Å². The van der Waals surface area contributed by atoms with E-state index in [9.17, 15) is 20.2 Å². The number of carbonyl (C=O) groups is 1. The summed E-state index contributed by atoms with van der Waals surface area (Å²) in [5.41, 5.74) is 6.16. The smallest absolute Gasteiger partial charge is 0.338 e. The van der Waals surface area contributed by atoms with Crippen LogP contribution in [-0.4, -0.2) is 17.5 Å². The van der Waals surface area contributed by atoms with Gasteiger partial charge >= 0.3 is 5.97 Å². The molecule has 0 bridgehead atoms. The minimum absolute atomic E-state index is 0.0305. The first-order valence-electron chi connectivity index (χ1n) is 9.44. The molecule has 0 radical (unpaired) electrons. The molecule has 32 heavy (non-hydrogen) atoms. The summed E-state index contributed by atoms with van der Waals surface area (Å²) in [6, 6.07) is 13.3. The first-order chi connectivity index (χ1) is 15.3. The van der Waals surface area contributed by atoms with Gasteiger partial charge in [-0.3, -0.25) is 10.1 Å². The SMILES string of the molecule is CCOC(=O)C1=C(C)OC(N)=C(C#N)C1c1cc([N+](=O)[O-])ccc1Sc1ccc(Cl)cc1. The molecule has 1 atom stereocenters. The Morgan fingerprint density at radius 1 is 1.34 bits per heavy atom. The third-order valence-corrected chi connectivity index (χ3v) is 6.01. The van der Waals surface area contributed by atoms with Crippen LogP contribution >= 0.6 is 23.4 Å². The topological polar surface area (TPSA) is 128 Å². The van der Waals surface area contributed by atoms with Crippen molar-refractivity contribution in [1.82, 2.24) is 0 Å². The van der Waals surface area contributed by atoms with Gasteiger partial charge in [-0.2, -0.15) is 5.26 Å². The molecule has 1 heterocycles. The van der Waals surface area contributed by atoms with E-state index in [4.69, 9.17) is 26.8 Å². The molecule has 10 heteroatoms. The Hall–Kier alpha value is -3.48. The number of hydrogen-bond donors (Lipinski definition) is 1. The highest BCUT2D eigenvalue weighted by atomic mass is 35.5. The monoisotopic (exact) mass is 471 g/mol. The van der Waals surface area contributed by atoms with E-state index >= 15 is 0 Å². The number of nitriles is 1. The second-order valence-electron chi connectivity index (χ2n) is 6.65. The van der Waals surface area contributed by atoms with Gasteiger partial charge < -0.3 is 15.2 Å². The Balaban J connectivity index is 2.24. The van der Waals surface area contributed by atoms with Crippen LogP contribution in [0.5, 0.6) is 0 Å². The number of nitrogens with two attached hydrogens (primary N) is 1. The third-order valence-electron chi connectivity index (χ3n) is 4.66. The maximum Gasteiger partial charge on any atom is 0.338 e. The number of nitrogens with zero attached hydrogens (tertiary/aromatic N) is 2. The van der Waals surface area contributed by atoms with Crippen LogP contribution < -0.4 is 5.73 Å². The molecular weight excluding hydrogens is 454 g/mol. The zero-order chi connectivity index (χ0) is 23.4. The summed E-state index contributed by atoms with van der Waals surface area (Å²) in [4.78, 5) is 25.2. The molecule has 0 saturated heterocycles. The molecule has 1 unspecified atom stereocenters. The zero-order valence-electron chi connectivity index (χ0n) is 17.1. The van der Waals surface area contributed by atoms with Gasteiger partial charge in [0.15, 0.2) is 0 Å². The lowest BCUT2D eigenvalue weighted by atomic mass is 9.83. The van der Waals surface area contributed by atoms with Crippen LogP contribution in [0.15, 0.2) is 75.0 Å². The molecular formula is C22H18ClN3O5S. The fourth-order valence-corrected chi connectivity index (χ4v) is 4.35. The van der Waals surface area contributed by atoms with Crippen LogP contribution in [0.4, 0.5) is 5.69 Å². The molecule has 0 amide bonds. The molecule has 0 aromatic heterocycles. The number of ether oxygens (including phenoxy) is 2. The molecule has 2 aromatic rings. The number of hydrogen-bond acceptors (Lipinski definition) is 8. The number of nitro benzene ring substituents is 1. The average Bonchev–Trinajstić information content (AvgIpc) is 2.75. The fraction of sp³-hybridized carbons (Fsp3) is 0.182. The van der Waals surface area contributed by atoms with Crippen LogP contribution in [0.2, 0.25) is 5.02 Å². The van der Waals surface area contributed by atoms with E-state index in [1.165, 1.54) is 30.8 Å². The van der Waals surface area contributed by atoms with Crippen LogP contribution in [0, 0.1) is 21.4 Å². The molecule has 1 aliphatic rings. The summed E-state index contributed by atoms with van der Waals surface area (Å²) in [6.07, 6.45) is 0. The van der Waals surface area contributed by atoms with Crippen molar-refractivity contribution in [3.8, 4) is 6.07 Å². The molecule has 3 rings (SSSR count). The minimum Gasteiger partial charge on any atom is -0.463 e. The summed E-state index contributed by atoms with van der Waals surface area (Å²) >= 11 is 7.27. The largest absolute Gasteiger partial charge is 0.463 e. The molecule has 0 fully saturated rings. The predicted molar refractivity (Wildman–Crippen MR) is 119 cm³/mol. The van der Waals surface area contributed by atoms with Crippen molar-refractivity contribution in [3.05, 3.63) is 86.0 Å². The molecule has 0 saturated carbocycles. The van der Waals surface area contributed by atoms with Crippen molar-refractivity contribution in [1.29, 1.82) is 5.26 Å². The van der Waals surface area contributed by atoms with Crippen LogP contribution in [0.25, 0.3) is 0 Å². The Bertz CT molecular complexity index is 1190. The second kappa shape index (κ2) is 9.77. The van der Waals surface area contributed by atoms with E-state index in [-0.39, 0.29) is 35.1 Å². The van der Waals surface area contributed by atoms with Crippen LogP contribution in [0.1, 0.15) is 25.3 Å². The lowest BCUT2D eigenvalue weighted by molar-refractivity contribution is -0.385. The number of esters is 1. The fourth-order valence-electron chi connectivity index (χ4n) is 3.26. The van der Waals surface area contributed by atoms with Gasteiger partial charge in [0.25, 0.3) is 5.69 Å². The summed E-state index contributed by atoms with van der Waals surface area (Å²) in [7, 11) is 0. The molecule has 164 valence electrons. The molecule has 2 aromatic carbocycles. The van der Waals surface area contributed by atoms with Crippen molar-refractivity contribution in [2.45, 2.75) is 29.6 Å². The van der Waals surface area contributed by atoms with Crippen LogP contribution in [0.3, 0.4) is 0 Å². The lowest BCUT2D eigenvalue weighted by Crippen LogP contribution is -2.26. The van der Waals surface area contributed by atoms with Gasteiger partial charge in [-0.25, -0.2) is 4.79 Å². The number of benzene rings is 2. The Morgan fingerprint density at radius 3 is 2.62 bits per heavy atom. The Kier molecular flexibility index (Phi) is 7.08. The third kappa shape index (κ3) is 4.72. The zero-order valence-corrected chi connectivity index (χ0v) is 18.7. The maximum absolute atomic E-state index is 12.8. The Morgan fingerprint density at radius 2 is 2.03 bits per heavy atom. The van der Waals surface area contributed by atoms with E-state index in [1.807, 2.05) is 6.07 Å². The molecule has 2 N–H and O–H groups in total. The molecule has 0 aliphatic carbocycles. The highest BCUT2D eigenvalue weighted by Gasteiger charge is 2.38. The average molecular weight is 472 g/mol. The predicted octanol–water partition coefficient (Wildman–Crippen LogP) is 5.04. The van der Waals surface area contributed by atoms with Gasteiger partial charge in [-0.05, 0) is 49.7 Å². The number of nitro groups is 1. The van der Waals surface area contributed by atoms with Crippen LogP contribution in [-0.2, 0) is 14.3 Å². The summed E-state index contributed by atoms with van der Waals surface area (Å²) in [5.74, 6) is -1.69. The lowest BCUT2D eigenvalue weighted by Gasteiger charge is -2.28. The maximum atomic E-state index is 12.8. The molecule has 0 spiro atoms. The van der Waals surface area contributed by atoms with Crippen molar-refractivity contribution >= 4 is 35.0 Å². The van der Waals surface area contributed by atoms with Crippen molar-refractivity contribution in [3.63, 3.8) is 0 Å². The van der Waals surface area contributed by atoms with E-state index in [0.717, 1.165) is 4.90 Å². The van der Waals surface area contributed by atoms with E-state index in [0.29, 0.717) is 15.5 Å². The number of rotatable bonds is 6. The quantitative estimate of drug-likeness (QED) is 0.352. The Labute approximate surface area is 193 Å². The van der Waals surface area contributed by atoms with Gasteiger partial charge in [0.1, 0.15) is 17.4 Å². The van der Waals surface area contributed by atoms with E-state index in [2.05, 4.69) is 0 Å². The molecule has 1 aliphatic heterocycles. The van der Waals surface area contributed by atoms with Gasteiger partial charge in [0.2, 0.25) is 5.88 Å².